The van der Waals surface area contributed by atoms with Crippen LogP contribution >= 0.6 is 0 Å². The first-order valence-corrected chi connectivity index (χ1v) is 9.26. The van der Waals surface area contributed by atoms with Gasteiger partial charge in [-0.05, 0) is 41.9 Å². The number of primary amides is 1. The summed E-state index contributed by atoms with van der Waals surface area (Å²) in [5.74, 6) is 0.164. The molecule has 1 saturated heterocycles. The van der Waals surface area contributed by atoms with Gasteiger partial charge in [0.2, 0.25) is 5.91 Å². The van der Waals surface area contributed by atoms with E-state index in [0.29, 0.717) is 5.92 Å². The Kier molecular flexibility index (Phi) is 5.42. The van der Waals surface area contributed by atoms with E-state index in [4.69, 9.17) is 5.73 Å². The molecule has 2 N–H and O–H groups in total. The van der Waals surface area contributed by atoms with Crippen LogP contribution in [0.25, 0.3) is 0 Å². The summed E-state index contributed by atoms with van der Waals surface area (Å²) in [7, 11) is 0. The molecule has 1 amide bonds. The second-order valence-electron chi connectivity index (χ2n) is 7.33. The molecular formula is C22H28N2O. The van der Waals surface area contributed by atoms with Crippen LogP contribution in [0.15, 0.2) is 54.6 Å². The van der Waals surface area contributed by atoms with Crippen molar-refractivity contribution in [3.8, 4) is 0 Å². The Morgan fingerprint density at radius 1 is 1.12 bits per heavy atom. The zero-order valence-electron chi connectivity index (χ0n) is 15.2. The Hall–Kier alpha value is -2.29. The molecule has 2 aromatic carbocycles. The van der Waals surface area contributed by atoms with Crippen LogP contribution in [0.4, 0.5) is 5.69 Å². The molecule has 0 aliphatic carbocycles. The van der Waals surface area contributed by atoms with E-state index in [0.717, 1.165) is 18.7 Å². The Balaban J connectivity index is 1.96. The van der Waals surface area contributed by atoms with Crippen molar-refractivity contribution >= 4 is 11.6 Å². The topological polar surface area (TPSA) is 46.3 Å². The Bertz CT molecular complexity index is 713. The van der Waals surface area contributed by atoms with Crippen molar-refractivity contribution < 1.29 is 4.79 Å². The fourth-order valence-electron chi connectivity index (χ4n) is 4.11. The number of anilines is 1. The van der Waals surface area contributed by atoms with Crippen LogP contribution in [0, 0.1) is 5.92 Å². The first-order valence-electron chi connectivity index (χ1n) is 9.26. The average molecular weight is 336 g/mol. The molecule has 1 fully saturated rings. The second kappa shape index (κ2) is 7.73. The lowest BCUT2D eigenvalue weighted by atomic mass is 9.81. The maximum Gasteiger partial charge on any atom is 0.225 e. The van der Waals surface area contributed by atoms with E-state index in [2.05, 4.69) is 43.0 Å². The summed E-state index contributed by atoms with van der Waals surface area (Å²) in [4.78, 5) is 14.7. The highest BCUT2D eigenvalue weighted by Crippen LogP contribution is 2.38. The highest BCUT2D eigenvalue weighted by Gasteiger charge is 2.29. The van der Waals surface area contributed by atoms with Crippen LogP contribution in [-0.2, 0) is 4.79 Å². The highest BCUT2D eigenvalue weighted by atomic mass is 16.1. The molecule has 132 valence electrons. The highest BCUT2D eigenvalue weighted by molar-refractivity contribution is 5.83. The van der Waals surface area contributed by atoms with E-state index in [1.807, 2.05) is 30.3 Å². The van der Waals surface area contributed by atoms with Crippen LogP contribution in [0.2, 0.25) is 0 Å². The second-order valence-corrected chi connectivity index (χ2v) is 7.33. The largest absolute Gasteiger partial charge is 0.371 e. The number of para-hydroxylation sites is 1. The van der Waals surface area contributed by atoms with Crippen LogP contribution in [0.5, 0.6) is 0 Å². The Morgan fingerprint density at radius 2 is 1.80 bits per heavy atom. The minimum atomic E-state index is -0.315. The summed E-state index contributed by atoms with van der Waals surface area (Å²) in [5, 5.41) is 0. The molecule has 0 aromatic heterocycles. The number of nitrogens with zero attached hydrogens (tertiary/aromatic N) is 1. The van der Waals surface area contributed by atoms with Crippen LogP contribution in [0.3, 0.4) is 0 Å². The molecule has 3 heteroatoms. The number of carbonyl (C=O) groups excluding carboxylic acids is 1. The summed E-state index contributed by atoms with van der Waals surface area (Å²) in [6.07, 6.45) is 2.52. The number of hydrogen-bond acceptors (Lipinski definition) is 2. The minimum Gasteiger partial charge on any atom is -0.371 e. The molecule has 3 nitrogen and oxygen atoms in total. The molecule has 1 aliphatic heterocycles. The Labute approximate surface area is 150 Å². The van der Waals surface area contributed by atoms with Crippen molar-refractivity contribution in [1.29, 1.82) is 0 Å². The van der Waals surface area contributed by atoms with Crippen molar-refractivity contribution in [2.75, 3.05) is 18.0 Å². The molecule has 3 atom stereocenters. The third kappa shape index (κ3) is 3.87. The molecule has 3 rings (SSSR count). The van der Waals surface area contributed by atoms with E-state index in [-0.39, 0.29) is 17.7 Å². The number of rotatable bonds is 5. The third-order valence-electron chi connectivity index (χ3n) is 5.39. The Morgan fingerprint density at radius 3 is 2.48 bits per heavy atom. The smallest absolute Gasteiger partial charge is 0.225 e. The maximum absolute atomic E-state index is 12.3. The van der Waals surface area contributed by atoms with Gasteiger partial charge < -0.3 is 10.6 Å². The van der Waals surface area contributed by atoms with Crippen LogP contribution < -0.4 is 10.6 Å². The molecule has 0 spiro atoms. The predicted molar refractivity (Wildman–Crippen MR) is 104 cm³/mol. The maximum atomic E-state index is 12.3. The summed E-state index contributed by atoms with van der Waals surface area (Å²) < 4.78 is 0. The van der Waals surface area contributed by atoms with Gasteiger partial charge in [-0.1, -0.05) is 62.4 Å². The molecule has 1 aliphatic rings. The van der Waals surface area contributed by atoms with Crippen LogP contribution in [0.1, 0.15) is 49.7 Å². The van der Waals surface area contributed by atoms with Crippen molar-refractivity contribution in [3.05, 3.63) is 65.7 Å². The number of piperidine rings is 1. The third-order valence-corrected chi connectivity index (χ3v) is 5.39. The van der Waals surface area contributed by atoms with Gasteiger partial charge in [-0.3, -0.25) is 4.79 Å². The zero-order chi connectivity index (χ0) is 17.8. The molecule has 3 unspecified atom stereocenters. The van der Waals surface area contributed by atoms with Crippen molar-refractivity contribution in [2.45, 2.75) is 38.5 Å². The van der Waals surface area contributed by atoms with Crippen molar-refractivity contribution in [2.24, 2.45) is 11.7 Å². The SMILES string of the molecule is CC1CCCN(c2ccccc2C(C)C(C(N)=O)c2ccccc2)C1. The number of carbonyl (C=O) groups is 1. The van der Waals surface area contributed by atoms with Gasteiger partial charge >= 0.3 is 0 Å². The first kappa shape index (κ1) is 17.5. The quantitative estimate of drug-likeness (QED) is 0.885. The number of amides is 1. The standard InChI is InChI=1S/C22H28N2O/c1-16-9-8-14-24(15-16)20-13-7-6-12-19(20)17(2)21(22(23)25)18-10-4-3-5-11-18/h3-7,10-13,16-17,21H,8-9,14-15H2,1-2H3,(H2,23,25). The minimum absolute atomic E-state index is 0.0355. The molecule has 0 radical (unpaired) electrons. The fourth-order valence-corrected chi connectivity index (χ4v) is 4.11. The fraction of sp³-hybridized carbons (Fsp3) is 0.409. The normalized spacial score (nSPS) is 20.1. The van der Waals surface area contributed by atoms with E-state index in [1.54, 1.807) is 0 Å². The average Bonchev–Trinajstić information content (AvgIpc) is 2.62. The van der Waals surface area contributed by atoms with Gasteiger partial charge in [-0.25, -0.2) is 0 Å². The first-order chi connectivity index (χ1) is 12.1. The summed E-state index contributed by atoms with van der Waals surface area (Å²) in [6, 6.07) is 18.4. The van der Waals surface area contributed by atoms with Gasteiger partial charge in [-0.15, -0.1) is 0 Å². The van der Waals surface area contributed by atoms with E-state index in [9.17, 15) is 4.79 Å². The van der Waals surface area contributed by atoms with Crippen molar-refractivity contribution in [3.63, 3.8) is 0 Å². The summed E-state index contributed by atoms with van der Waals surface area (Å²) >= 11 is 0. The van der Waals surface area contributed by atoms with E-state index >= 15 is 0 Å². The van der Waals surface area contributed by atoms with E-state index < -0.39 is 0 Å². The molecule has 1 heterocycles. The lowest BCUT2D eigenvalue weighted by Gasteiger charge is -2.36. The summed E-state index contributed by atoms with van der Waals surface area (Å²) in [5.41, 5.74) is 9.26. The van der Waals surface area contributed by atoms with E-state index in [1.165, 1.54) is 24.1 Å². The lowest BCUT2D eigenvalue weighted by Crippen LogP contribution is -2.35. The molecular weight excluding hydrogens is 308 g/mol. The number of nitrogens with two attached hydrogens (primary N) is 1. The van der Waals surface area contributed by atoms with Gasteiger partial charge in [0.05, 0.1) is 5.92 Å². The van der Waals surface area contributed by atoms with Gasteiger partial charge in [0.15, 0.2) is 0 Å². The monoisotopic (exact) mass is 336 g/mol. The van der Waals surface area contributed by atoms with Gasteiger partial charge in [0.25, 0.3) is 0 Å². The lowest BCUT2D eigenvalue weighted by molar-refractivity contribution is -0.119. The van der Waals surface area contributed by atoms with Gasteiger partial charge in [-0.2, -0.15) is 0 Å². The van der Waals surface area contributed by atoms with Gasteiger partial charge in [0.1, 0.15) is 0 Å². The summed E-state index contributed by atoms with van der Waals surface area (Å²) in [6.45, 7) is 6.60. The molecule has 0 saturated carbocycles. The molecule has 2 aromatic rings. The zero-order valence-corrected chi connectivity index (χ0v) is 15.2. The van der Waals surface area contributed by atoms with Gasteiger partial charge in [0, 0.05) is 18.8 Å². The van der Waals surface area contributed by atoms with Crippen LogP contribution in [-0.4, -0.2) is 19.0 Å². The van der Waals surface area contributed by atoms with Crippen molar-refractivity contribution in [1.82, 2.24) is 0 Å². The predicted octanol–water partition coefficient (Wildman–Crippen LogP) is 4.30. The number of benzene rings is 2. The molecule has 0 bridgehead atoms. The number of hydrogen-bond donors (Lipinski definition) is 1. The molecule has 25 heavy (non-hydrogen) atoms.